The van der Waals surface area contributed by atoms with Crippen LogP contribution in [0.15, 0.2) is 29.2 Å². The third-order valence-electron chi connectivity index (χ3n) is 4.25. The van der Waals surface area contributed by atoms with Gasteiger partial charge in [0.2, 0.25) is 5.91 Å². The van der Waals surface area contributed by atoms with Crippen LogP contribution in [0.4, 0.5) is 0 Å². The molecule has 0 spiro atoms. The van der Waals surface area contributed by atoms with E-state index in [-0.39, 0.29) is 12.5 Å². The van der Waals surface area contributed by atoms with Gasteiger partial charge in [-0.25, -0.2) is 0 Å². The topological polar surface area (TPSA) is 41.6 Å². The van der Waals surface area contributed by atoms with E-state index in [0.29, 0.717) is 12.1 Å². The minimum absolute atomic E-state index is 0.109. The van der Waals surface area contributed by atoms with Crippen molar-refractivity contribution in [1.82, 2.24) is 10.2 Å². The normalized spacial score (nSPS) is 22.3. The van der Waals surface area contributed by atoms with E-state index in [1.807, 2.05) is 16.7 Å². The lowest BCUT2D eigenvalue weighted by atomic mass is 10.0. The molecule has 1 fully saturated rings. The number of nitrogens with one attached hydrogen (secondary N) is 1. The van der Waals surface area contributed by atoms with Crippen molar-refractivity contribution in [2.24, 2.45) is 0 Å². The van der Waals surface area contributed by atoms with Crippen LogP contribution in [0.2, 0.25) is 0 Å². The van der Waals surface area contributed by atoms with Gasteiger partial charge in [0.25, 0.3) is 0 Å². The number of likely N-dealkylation sites (tertiary alicyclic amines) is 1. The van der Waals surface area contributed by atoms with E-state index in [4.69, 9.17) is 4.74 Å². The van der Waals surface area contributed by atoms with Crippen LogP contribution in [0.5, 0.6) is 0 Å². The molecule has 1 aromatic rings. The molecule has 1 aromatic carbocycles. The molecule has 2 aliphatic rings. The first-order chi connectivity index (χ1) is 10.3. The number of carbonyl (C=O) groups is 1. The highest BCUT2D eigenvalue weighted by molar-refractivity contribution is 7.99. The van der Waals surface area contributed by atoms with Gasteiger partial charge in [0.15, 0.2) is 0 Å². The molecule has 21 heavy (non-hydrogen) atoms. The van der Waals surface area contributed by atoms with E-state index in [0.717, 1.165) is 31.7 Å². The third kappa shape index (κ3) is 3.42. The number of ether oxygens (including phenoxy) is 1. The monoisotopic (exact) mass is 306 g/mol. The quantitative estimate of drug-likeness (QED) is 0.924. The lowest BCUT2D eigenvalue weighted by molar-refractivity contribution is -0.136. The van der Waals surface area contributed by atoms with Gasteiger partial charge in [-0.1, -0.05) is 18.2 Å². The predicted octanol–water partition coefficient (Wildman–Crippen LogP) is 2.06. The van der Waals surface area contributed by atoms with Crippen LogP contribution >= 0.6 is 11.8 Å². The largest absolute Gasteiger partial charge is 0.375 e. The zero-order valence-electron chi connectivity index (χ0n) is 12.4. The van der Waals surface area contributed by atoms with Gasteiger partial charge in [0, 0.05) is 42.9 Å². The lowest BCUT2D eigenvalue weighted by Gasteiger charge is -2.34. The van der Waals surface area contributed by atoms with Gasteiger partial charge in [-0.05, 0) is 24.5 Å². The maximum absolute atomic E-state index is 11.8. The first-order valence-corrected chi connectivity index (χ1v) is 8.51. The summed E-state index contributed by atoms with van der Waals surface area (Å²) in [4.78, 5) is 15.1. The summed E-state index contributed by atoms with van der Waals surface area (Å²) in [5.41, 5.74) is 1.43. The first-order valence-electron chi connectivity index (χ1n) is 7.52. The second kappa shape index (κ2) is 6.81. The Labute approximate surface area is 130 Å². The Morgan fingerprint density at radius 3 is 2.90 bits per heavy atom. The highest BCUT2D eigenvalue weighted by Crippen LogP contribution is 2.38. The van der Waals surface area contributed by atoms with Crippen LogP contribution in [-0.4, -0.2) is 49.4 Å². The van der Waals surface area contributed by atoms with Crippen LogP contribution in [0, 0.1) is 0 Å². The average molecular weight is 306 g/mol. The number of benzene rings is 1. The molecule has 5 heteroatoms. The minimum atomic E-state index is 0.109. The van der Waals surface area contributed by atoms with Gasteiger partial charge in [0.1, 0.15) is 6.61 Å². The summed E-state index contributed by atoms with van der Waals surface area (Å²) < 4.78 is 4.92. The molecule has 114 valence electrons. The molecule has 0 aromatic heterocycles. The average Bonchev–Trinajstić information content (AvgIpc) is 2.92. The summed E-state index contributed by atoms with van der Waals surface area (Å²) >= 11 is 1.93. The van der Waals surface area contributed by atoms with Crippen LogP contribution < -0.4 is 5.32 Å². The Morgan fingerprint density at radius 1 is 1.38 bits per heavy atom. The number of methoxy groups -OCH3 is 1. The zero-order valence-corrected chi connectivity index (χ0v) is 13.2. The zero-order chi connectivity index (χ0) is 14.7. The number of amides is 1. The fraction of sp³-hybridized carbons (Fsp3) is 0.562. The summed E-state index contributed by atoms with van der Waals surface area (Å²) in [5, 5.41) is 3.78. The smallest absolute Gasteiger partial charge is 0.248 e. The van der Waals surface area contributed by atoms with Crippen molar-refractivity contribution in [3.8, 4) is 0 Å². The highest BCUT2D eigenvalue weighted by atomic mass is 32.2. The maximum atomic E-state index is 11.8. The molecule has 1 atom stereocenters. The molecule has 0 bridgehead atoms. The van der Waals surface area contributed by atoms with Crippen LogP contribution in [0.25, 0.3) is 0 Å². The lowest BCUT2D eigenvalue weighted by Crippen LogP contribution is -2.46. The van der Waals surface area contributed by atoms with Crippen molar-refractivity contribution in [3.63, 3.8) is 0 Å². The molecular formula is C16H22N2O2S. The summed E-state index contributed by atoms with van der Waals surface area (Å²) in [7, 11) is 1.57. The van der Waals surface area contributed by atoms with Crippen molar-refractivity contribution in [1.29, 1.82) is 0 Å². The molecule has 2 heterocycles. The van der Waals surface area contributed by atoms with Crippen LogP contribution in [0.1, 0.15) is 24.4 Å². The second-order valence-electron chi connectivity index (χ2n) is 5.66. The summed E-state index contributed by atoms with van der Waals surface area (Å²) in [5.74, 6) is 1.22. The Kier molecular flexibility index (Phi) is 4.83. The van der Waals surface area contributed by atoms with Crippen molar-refractivity contribution in [2.45, 2.75) is 29.8 Å². The van der Waals surface area contributed by atoms with Crippen molar-refractivity contribution in [2.75, 3.05) is 32.6 Å². The molecule has 0 saturated carbocycles. The molecule has 4 nitrogen and oxygen atoms in total. The Hall–Kier alpha value is -1.04. The molecule has 1 unspecified atom stereocenters. The molecular weight excluding hydrogens is 284 g/mol. The molecule has 1 N–H and O–H groups in total. The third-order valence-corrected chi connectivity index (χ3v) is 5.44. The van der Waals surface area contributed by atoms with E-state index < -0.39 is 0 Å². The number of rotatable bonds is 4. The summed E-state index contributed by atoms with van der Waals surface area (Å²) in [6.07, 6.45) is 2.05. The molecule has 0 aliphatic carbocycles. The molecule has 2 aliphatic heterocycles. The number of fused-ring (bicyclic) bond motifs is 1. The van der Waals surface area contributed by atoms with Gasteiger partial charge in [0.05, 0.1) is 0 Å². The molecule has 3 rings (SSSR count). The van der Waals surface area contributed by atoms with Gasteiger partial charge in [-0.3, -0.25) is 4.79 Å². The van der Waals surface area contributed by atoms with E-state index in [2.05, 4.69) is 29.6 Å². The van der Waals surface area contributed by atoms with Crippen LogP contribution in [-0.2, 0) is 9.53 Å². The van der Waals surface area contributed by atoms with Gasteiger partial charge < -0.3 is 15.0 Å². The number of piperidine rings is 1. The first kappa shape index (κ1) is 14.9. The second-order valence-corrected chi connectivity index (χ2v) is 6.72. The number of nitrogens with zero attached hydrogens (tertiary/aromatic N) is 1. The number of hydrogen-bond donors (Lipinski definition) is 1. The molecule has 1 amide bonds. The van der Waals surface area contributed by atoms with E-state index in [1.54, 1.807) is 7.11 Å². The number of carbonyl (C=O) groups excluding carboxylic acids is 1. The fourth-order valence-corrected chi connectivity index (χ4v) is 4.27. The highest BCUT2D eigenvalue weighted by Gasteiger charge is 2.28. The summed E-state index contributed by atoms with van der Waals surface area (Å²) in [6.45, 7) is 1.87. The Balaban J connectivity index is 1.51. The van der Waals surface area contributed by atoms with E-state index >= 15 is 0 Å². The maximum Gasteiger partial charge on any atom is 0.248 e. The standard InChI is InChI=1S/C16H22N2O2S/c1-20-10-16(19)18-8-6-12(7-9-18)17-14-11-21-15-5-3-2-4-13(14)15/h2-5,12,14,17H,6-11H2,1H3. The predicted molar refractivity (Wildman–Crippen MR) is 84.5 cm³/mol. The Bertz CT molecular complexity index is 501. The minimum Gasteiger partial charge on any atom is -0.375 e. The summed E-state index contributed by atoms with van der Waals surface area (Å²) in [6, 6.07) is 9.61. The number of thioether (sulfide) groups is 1. The Morgan fingerprint density at radius 2 is 2.14 bits per heavy atom. The number of hydrogen-bond acceptors (Lipinski definition) is 4. The van der Waals surface area contributed by atoms with Gasteiger partial charge in [-0.15, -0.1) is 11.8 Å². The molecule has 0 radical (unpaired) electrons. The van der Waals surface area contributed by atoms with Crippen molar-refractivity contribution < 1.29 is 9.53 Å². The van der Waals surface area contributed by atoms with E-state index in [9.17, 15) is 4.79 Å². The fourth-order valence-electron chi connectivity index (χ4n) is 3.10. The SMILES string of the molecule is COCC(=O)N1CCC(NC2CSc3ccccc32)CC1. The van der Waals surface area contributed by atoms with Crippen molar-refractivity contribution >= 4 is 17.7 Å². The molecule has 1 saturated heterocycles. The van der Waals surface area contributed by atoms with E-state index in [1.165, 1.54) is 10.5 Å². The van der Waals surface area contributed by atoms with Crippen LogP contribution in [0.3, 0.4) is 0 Å². The van der Waals surface area contributed by atoms with Gasteiger partial charge >= 0.3 is 0 Å². The van der Waals surface area contributed by atoms with Crippen molar-refractivity contribution in [3.05, 3.63) is 29.8 Å². The van der Waals surface area contributed by atoms with Gasteiger partial charge in [-0.2, -0.15) is 0 Å².